The zero-order chi connectivity index (χ0) is 17.9. The third kappa shape index (κ3) is 4.14. The first-order valence-electron chi connectivity index (χ1n) is 8.10. The molecule has 2 aromatic carbocycles. The van der Waals surface area contributed by atoms with Crippen LogP contribution in [0.2, 0.25) is 5.02 Å². The lowest BCUT2D eigenvalue weighted by molar-refractivity contribution is 0.181. The van der Waals surface area contributed by atoms with Crippen molar-refractivity contribution in [2.45, 2.75) is 17.7 Å². The Morgan fingerprint density at radius 1 is 1.08 bits per heavy atom. The molecule has 0 radical (unpaired) electrons. The average molecular weight is 384 g/mol. The standard InChI is InChI=1S/C18H19ClFNO3S/c19-15-5-1-4-8-18(15)25(22,23)21-11-9-14(10-12-21)13-24-17-7-3-2-6-16(17)20/h1-8,14H,9-13H2. The van der Waals surface area contributed by atoms with E-state index in [-0.39, 0.29) is 27.4 Å². The van der Waals surface area contributed by atoms with Crippen LogP contribution in [0.4, 0.5) is 4.39 Å². The highest BCUT2D eigenvalue weighted by molar-refractivity contribution is 7.89. The van der Waals surface area contributed by atoms with Crippen molar-refractivity contribution >= 4 is 21.6 Å². The zero-order valence-electron chi connectivity index (χ0n) is 13.6. The molecule has 134 valence electrons. The largest absolute Gasteiger partial charge is 0.490 e. The predicted octanol–water partition coefficient (Wildman–Crippen LogP) is 3.96. The molecule has 25 heavy (non-hydrogen) atoms. The molecule has 0 unspecified atom stereocenters. The summed E-state index contributed by atoms with van der Waals surface area (Å²) in [6.07, 6.45) is 1.33. The maximum Gasteiger partial charge on any atom is 0.244 e. The van der Waals surface area contributed by atoms with Crippen molar-refractivity contribution in [2.24, 2.45) is 5.92 Å². The van der Waals surface area contributed by atoms with Gasteiger partial charge in [0.25, 0.3) is 0 Å². The number of hydrogen-bond donors (Lipinski definition) is 0. The van der Waals surface area contributed by atoms with Gasteiger partial charge in [-0.3, -0.25) is 0 Å². The maximum atomic E-state index is 13.6. The highest BCUT2D eigenvalue weighted by atomic mass is 35.5. The molecule has 0 aliphatic carbocycles. The van der Waals surface area contributed by atoms with Crippen molar-refractivity contribution < 1.29 is 17.5 Å². The van der Waals surface area contributed by atoms with Gasteiger partial charge in [0.05, 0.1) is 11.6 Å². The topological polar surface area (TPSA) is 46.6 Å². The van der Waals surface area contributed by atoms with Gasteiger partial charge in [0.15, 0.2) is 11.6 Å². The van der Waals surface area contributed by atoms with Gasteiger partial charge in [0.2, 0.25) is 10.0 Å². The quantitative estimate of drug-likeness (QED) is 0.785. The van der Waals surface area contributed by atoms with Gasteiger partial charge >= 0.3 is 0 Å². The van der Waals surface area contributed by atoms with Crippen LogP contribution in [-0.4, -0.2) is 32.4 Å². The molecular formula is C18H19ClFNO3S. The third-order valence-corrected chi connectivity index (χ3v) is 6.74. The third-order valence-electron chi connectivity index (χ3n) is 4.34. The van der Waals surface area contributed by atoms with E-state index in [1.807, 2.05) is 0 Å². The molecule has 3 rings (SSSR count). The minimum atomic E-state index is -3.59. The summed E-state index contributed by atoms with van der Waals surface area (Å²) < 4.78 is 46.0. The first kappa shape index (κ1) is 18.2. The van der Waals surface area contributed by atoms with Gasteiger partial charge < -0.3 is 4.74 Å². The lowest BCUT2D eigenvalue weighted by atomic mass is 9.99. The van der Waals surface area contributed by atoms with Crippen LogP contribution in [0, 0.1) is 11.7 Å². The monoisotopic (exact) mass is 383 g/mol. The highest BCUT2D eigenvalue weighted by Gasteiger charge is 2.30. The van der Waals surface area contributed by atoms with E-state index in [9.17, 15) is 12.8 Å². The SMILES string of the molecule is O=S(=O)(c1ccccc1Cl)N1CCC(COc2ccccc2F)CC1. The van der Waals surface area contributed by atoms with Gasteiger partial charge in [0, 0.05) is 13.1 Å². The van der Waals surface area contributed by atoms with Gasteiger partial charge in [-0.05, 0) is 43.0 Å². The summed E-state index contributed by atoms with van der Waals surface area (Å²) in [5.74, 6) is 0.0344. The van der Waals surface area contributed by atoms with Crippen LogP contribution in [-0.2, 0) is 10.0 Å². The van der Waals surface area contributed by atoms with Crippen molar-refractivity contribution in [3.63, 3.8) is 0 Å². The summed E-state index contributed by atoms with van der Waals surface area (Å²) in [6, 6.07) is 12.7. The van der Waals surface area contributed by atoms with Crippen molar-refractivity contribution in [3.8, 4) is 5.75 Å². The Morgan fingerprint density at radius 2 is 1.72 bits per heavy atom. The van der Waals surface area contributed by atoms with Crippen LogP contribution in [0.5, 0.6) is 5.75 Å². The number of nitrogens with zero attached hydrogens (tertiary/aromatic N) is 1. The molecule has 0 N–H and O–H groups in total. The highest BCUT2D eigenvalue weighted by Crippen LogP contribution is 2.28. The van der Waals surface area contributed by atoms with Gasteiger partial charge in [-0.15, -0.1) is 0 Å². The van der Waals surface area contributed by atoms with Crippen molar-refractivity contribution in [1.29, 1.82) is 0 Å². The number of halogens is 2. The second-order valence-electron chi connectivity index (χ2n) is 6.02. The molecule has 0 bridgehead atoms. The Labute approximate surface area is 152 Å². The second kappa shape index (κ2) is 7.72. The molecule has 0 saturated carbocycles. The Kier molecular flexibility index (Phi) is 5.61. The summed E-state index contributed by atoms with van der Waals surface area (Å²) >= 11 is 6.03. The van der Waals surface area contributed by atoms with Crippen LogP contribution in [0.15, 0.2) is 53.4 Å². The average Bonchev–Trinajstić information content (AvgIpc) is 2.61. The molecule has 1 aliphatic heterocycles. The molecule has 1 saturated heterocycles. The molecule has 0 atom stereocenters. The van der Waals surface area contributed by atoms with Gasteiger partial charge in [-0.25, -0.2) is 12.8 Å². The number of para-hydroxylation sites is 1. The smallest absolute Gasteiger partial charge is 0.244 e. The molecule has 2 aromatic rings. The minimum absolute atomic E-state index is 0.137. The minimum Gasteiger partial charge on any atom is -0.490 e. The van der Waals surface area contributed by atoms with E-state index in [0.717, 1.165) is 0 Å². The van der Waals surface area contributed by atoms with E-state index in [1.54, 1.807) is 36.4 Å². The number of benzene rings is 2. The van der Waals surface area contributed by atoms with Crippen molar-refractivity contribution in [2.75, 3.05) is 19.7 Å². The van der Waals surface area contributed by atoms with E-state index in [0.29, 0.717) is 32.5 Å². The lowest BCUT2D eigenvalue weighted by Gasteiger charge is -2.31. The Bertz CT molecular complexity index is 836. The van der Waals surface area contributed by atoms with Crippen LogP contribution in [0.3, 0.4) is 0 Å². The number of sulfonamides is 1. The fourth-order valence-corrected chi connectivity index (χ4v) is 4.84. The van der Waals surface area contributed by atoms with Crippen LogP contribution in [0.25, 0.3) is 0 Å². The van der Waals surface area contributed by atoms with Gasteiger partial charge in [0.1, 0.15) is 4.90 Å². The summed E-state index contributed by atoms with van der Waals surface area (Å²) in [6.45, 7) is 1.18. The lowest BCUT2D eigenvalue weighted by Crippen LogP contribution is -2.39. The maximum absolute atomic E-state index is 13.6. The molecule has 1 heterocycles. The molecule has 7 heteroatoms. The van der Waals surface area contributed by atoms with Crippen LogP contribution in [0.1, 0.15) is 12.8 Å². The molecule has 1 aliphatic rings. The normalized spacial score (nSPS) is 16.7. The molecule has 0 spiro atoms. The number of piperidine rings is 1. The van der Waals surface area contributed by atoms with Crippen LogP contribution < -0.4 is 4.74 Å². The number of ether oxygens (including phenoxy) is 1. The van der Waals surface area contributed by atoms with Gasteiger partial charge in [-0.1, -0.05) is 35.9 Å². The molecular weight excluding hydrogens is 365 g/mol. The van der Waals surface area contributed by atoms with Crippen molar-refractivity contribution in [1.82, 2.24) is 4.31 Å². The fourth-order valence-electron chi connectivity index (χ4n) is 2.88. The second-order valence-corrected chi connectivity index (χ2v) is 8.33. The van der Waals surface area contributed by atoms with E-state index < -0.39 is 10.0 Å². The summed E-state index contributed by atoms with van der Waals surface area (Å²) in [4.78, 5) is 0.137. The van der Waals surface area contributed by atoms with Crippen LogP contribution >= 0.6 is 11.6 Å². The predicted molar refractivity (Wildman–Crippen MR) is 94.8 cm³/mol. The summed E-state index contributed by atoms with van der Waals surface area (Å²) in [7, 11) is -3.59. The molecule has 0 aromatic heterocycles. The first-order chi connectivity index (χ1) is 12.0. The summed E-state index contributed by atoms with van der Waals surface area (Å²) in [5.41, 5.74) is 0. The van der Waals surface area contributed by atoms with Crippen molar-refractivity contribution in [3.05, 3.63) is 59.4 Å². The fraction of sp³-hybridized carbons (Fsp3) is 0.333. The molecule has 4 nitrogen and oxygen atoms in total. The Hall–Kier alpha value is -1.63. The molecule has 1 fully saturated rings. The van der Waals surface area contributed by atoms with Gasteiger partial charge in [-0.2, -0.15) is 4.31 Å². The van der Waals surface area contributed by atoms with E-state index >= 15 is 0 Å². The molecule has 0 amide bonds. The first-order valence-corrected chi connectivity index (χ1v) is 9.92. The van der Waals surface area contributed by atoms with E-state index in [2.05, 4.69) is 0 Å². The summed E-state index contributed by atoms with van der Waals surface area (Å²) in [5, 5.41) is 0.229. The number of rotatable bonds is 5. The van der Waals surface area contributed by atoms with E-state index in [1.165, 1.54) is 16.4 Å². The Balaban J connectivity index is 1.59. The number of hydrogen-bond acceptors (Lipinski definition) is 3. The Morgan fingerprint density at radius 3 is 2.40 bits per heavy atom. The zero-order valence-corrected chi connectivity index (χ0v) is 15.1. The van der Waals surface area contributed by atoms with E-state index in [4.69, 9.17) is 16.3 Å².